The Morgan fingerprint density at radius 3 is 2.48 bits per heavy atom. The van der Waals surface area contributed by atoms with Crippen molar-refractivity contribution in [2.45, 2.75) is 57.4 Å². The van der Waals surface area contributed by atoms with E-state index in [2.05, 4.69) is 26.1 Å². The van der Waals surface area contributed by atoms with Gasteiger partial charge in [-0.3, -0.25) is 14.4 Å². The van der Waals surface area contributed by atoms with Gasteiger partial charge in [-0.1, -0.05) is 54.2 Å². The smallest absolute Gasteiger partial charge is 0.254 e. The first-order valence-corrected chi connectivity index (χ1v) is 15.6. The highest BCUT2D eigenvalue weighted by Crippen LogP contribution is 2.38. The Bertz CT molecular complexity index is 1590. The summed E-state index contributed by atoms with van der Waals surface area (Å²) < 4.78 is 15.7. The van der Waals surface area contributed by atoms with Gasteiger partial charge in [0.25, 0.3) is 11.8 Å². The quantitative estimate of drug-likeness (QED) is 0.208. The lowest BCUT2D eigenvalue weighted by Gasteiger charge is -2.13. The van der Waals surface area contributed by atoms with E-state index in [-0.39, 0.29) is 29.7 Å². The van der Waals surface area contributed by atoms with Crippen molar-refractivity contribution in [1.82, 2.24) is 25.4 Å². The van der Waals surface area contributed by atoms with E-state index in [1.54, 1.807) is 10.6 Å². The lowest BCUT2D eigenvalue weighted by molar-refractivity contribution is -0.113. The molecule has 9 nitrogen and oxygen atoms in total. The van der Waals surface area contributed by atoms with E-state index in [1.807, 2.05) is 37.3 Å². The fourth-order valence-corrected chi connectivity index (χ4v) is 6.95. The molecule has 0 spiro atoms. The number of thiophene rings is 1. The van der Waals surface area contributed by atoms with Crippen LogP contribution in [-0.2, 0) is 37.3 Å². The van der Waals surface area contributed by atoms with Crippen molar-refractivity contribution >= 4 is 45.8 Å². The summed E-state index contributed by atoms with van der Waals surface area (Å²) in [6.07, 6.45) is 3.80. The molecule has 1 aliphatic rings. The van der Waals surface area contributed by atoms with Gasteiger partial charge in [-0.25, -0.2) is 4.39 Å². The zero-order valence-electron chi connectivity index (χ0n) is 23.1. The number of aryl methyl sites for hydroxylation is 1. The number of rotatable bonds is 11. The number of benzene rings is 2. The van der Waals surface area contributed by atoms with Crippen molar-refractivity contribution in [3.63, 3.8) is 0 Å². The number of halogens is 1. The standard InChI is InChI=1S/C30H31FN6O3S2/c1-2-37-24(17-33-27(39)20-12-6-8-14-22(20)31)35-36-30(37)41-18-25(38)34-29-26(21-13-7-9-15-23(21)42-29)28(40)32-16-19-10-4-3-5-11-19/h3-6,8,10-12,14H,2,7,9,13,15-18H2,1H3,(H,32,40)(H,33,39)(H,34,38). The Labute approximate surface area is 251 Å². The first kappa shape index (κ1) is 29.5. The fraction of sp³-hybridized carbons (Fsp3) is 0.300. The number of hydrogen-bond donors (Lipinski definition) is 3. The van der Waals surface area contributed by atoms with Crippen LogP contribution in [0, 0.1) is 5.82 Å². The maximum absolute atomic E-state index is 13.9. The molecule has 0 saturated heterocycles. The third kappa shape index (κ3) is 6.88. The summed E-state index contributed by atoms with van der Waals surface area (Å²) in [5, 5.41) is 18.1. The highest BCUT2D eigenvalue weighted by molar-refractivity contribution is 7.99. The Balaban J connectivity index is 1.22. The van der Waals surface area contributed by atoms with Gasteiger partial charge in [-0.15, -0.1) is 21.5 Å². The minimum absolute atomic E-state index is 0.0466. The molecule has 2 aromatic carbocycles. The predicted octanol–water partition coefficient (Wildman–Crippen LogP) is 4.97. The molecule has 2 aromatic heterocycles. The van der Waals surface area contributed by atoms with Crippen LogP contribution in [0.3, 0.4) is 0 Å². The molecule has 218 valence electrons. The monoisotopic (exact) mass is 606 g/mol. The van der Waals surface area contributed by atoms with Crippen LogP contribution in [-0.4, -0.2) is 38.2 Å². The highest BCUT2D eigenvalue weighted by atomic mass is 32.2. The Hall–Kier alpha value is -4.03. The van der Waals surface area contributed by atoms with Gasteiger partial charge in [-0.2, -0.15) is 0 Å². The molecule has 0 atom stereocenters. The first-order chi connectivity index (χ1) is 20.4. The second-order valence-corrected chi connectivity index (χ2v) is 11.8. The van der Waals surface area contributed by atoms with Crippen LogP contribution in [0.1, 0.15) is 62.3 Å². The first-order valence-electron chi connectivity index (χ1n) is 13.8. The van der Waals surface area contributed by atoms with Gasteiger partial charge in [0.1, 0.15) is 10.8 Å². The van der Waals surface area contributed by atoms with E-state index in [9.17, 15) is 18.8 Å². The average Bonchev–Trinajstić information content (AvgIpc) is 3.58. The highest BCUT2D eigenvalue weighted by Gasteiger charge is 2.26. The minimum atomic E-state index is -0.599. The molecule has 42 heavy (non-hydrogen) atoms. The van der Waals surface area contributed by atoms with Crippen molar-refractivity contribution in [3.05, 3.63) is 93.4 Å². The van der Waals surface area contributed by atoms with Gasteiger partial charge < -0.3 is 20.5 Å². The van der Waals surface area contributed by atoms with Crippen LogP contribution in [0.5, 0.6) is 0 Å². The molecule has 12 heteroatoms. The van der Waals surface area contributed by atoms with E-state index < -0.39 is 11.7 Å². The van der Waals surface area contributed by atoms with Crippen LogP contribution in [0.25, 0.3) is 0 Å². The molecule has 0 aliphatic heterocycles. The molecular weight excluding hydrogens is 576 g/mol. The maximum Gasteiger partial charge on any atom is 0.254 e. The van der Waals surface area contributed by atoms with Crippen LogP contribution >= 0.6 is 23.1 Å². The molecule has 0 bridgehead atoms. The third-order valence-corrected chi connectivity index (χ3v) is 9.09. The number of aromatic nitrogens is 3. The Morgan fingerprint density at radius 1 is 0.952 bits per heavy atom. The summed E-state index contributed by atoms with van der Waals surface area (Å²) in [6.45, 7) is 2.89. The van der Waals surface area contributed by atoms with Crippen LogP contribution < -0.4 is 16.0 Å². The van der Waals surface area contributed by atoms with Crippen LogP contribution in [0.15, 0.2) is 59.8 Å². The van der Waals surface area contributed by atoms with Gasteiger partial charge in [0.05, 0.1) is 23.4 Å². The Kier molecular flexibility index (Phi) is 9.65. The number of carbonyl (C=O) groups excluding carboxylic acids is 3. The zero-order chi connectivity index (χ0) is 29.5. The van der Waals surface area contributed by atoms with E-state index in [0.29, 0.717) is 34.6 Å². The molecule has 4 aromatic rings. The SMILES string of the molecule is CCn1c(CNC(=O)c2ccccc2F)nnc1SCC(=O)Nc1sc2c(c1C(=O)NCc1ccccc1)CCCC2. The van der Waals surface area contributed by atoms with Crippen molar-refractivity contribution in [2.24, 2.45) is 0 Å². The number of nitrogens with one attached hydrogen (secondary N) is 3. The van der Waals surface area contributed by atoms with Gasteiger partial charge in [0, 0.05) is 18.0 Å². The van der Waals surface area contributed by atoms with E-state index >= 15 is 0 Å². The second-order valence-electron chi connectivity index (χ2n) is 9.73. The van der Waals surface area contributed by atoms with Crippen molar-refractivity contribution in [1.29, 1.82) is 0 Å². The number of anilines is 1. The normalized spacial score (nSPS) is 12.4. The number of nitrogens with zero attached hydrogens (tertiary/aromatic N) is 3. The van der Waals surface area contributed by atoms with Crippen molar-refractivity contribution < 1.29 is 18.8 Å². The maximum atomic E-state index is 13.9. The van der Waals surface area contributed by atoms with Crippen molar-refractivity contribution in [3.8, 4) is 0 Å². The number of thioether (sulfide) groups is 1. The number of hydrogen-bond acceptors (Lipinski definition) is 7. The summed E-state index contributed by atoms with van der Waals surface area (Å²) in [4.78, 5) is 39.9. The molecular formula is C30H31FN6O3S2. The number of amides is 3. The number of carbonyl (C=O) groups is 3. The van der Waals surface area contributed by atoms with Gasteiger partial charge in [-0.05, 0) is 55.9 Å². The van der Waals surface area contributed by atoms with Crippen molar-refractivity contribution in [2.75, 3.05) is 11.1 Å². The molecule has 3 amide bonds. The molecule has 5 rings (SSSR count). The Morgan fingerprint density at radius 2 is 1.69 bits per heavy atom. The molecule has 0 fully saturated rings. The molecule has 0 saturated carbocycles. The second kappa shape index (κ2) is 13.8. The lowest BCUT2D eigenvalue weighted by Crippen LogP contribution is -2.26. The van der Waals surface area contributed by atoms with Crippen LogP contribution in [0.4, 0.5) is 9.39 Å². The third-order valence-electron chi connectivity index (χ3n) is 6.91. The number of fused-ring (bicyclic) bond motifs is 1. The predicted molar refractivity (Wildman–Crippen MR) is 161 cm³/mol. The summed E-state index contributed by atoms with van der Waals surface area (Å²) in [5.74, 6) is -1.03. The summed E-state index contributed by atoms with van der Waals surface area (Å²) in [7, 11) is 0. The summed E-state index contributed by atoms with van der Waals surface area (Å²) >= 11 is 2.70. The lowest BCUT2D eigenvalue weighted by atomic mass is 9.95. The molecule has 0 unspecified atom stereocenters. The van der Waals surface area contributed by atoms with E-state index in [1.165, 1.54) is 41.3 Å². The zero-order valence-corrected chi connectivity index (χ0v) is 24.7. The van der Waals surface area contributed by atoms with E-state index in [0.717, 1.165) is 41.7 Å². The fourth-order valence-electron chi connectivity index (χ4n) is 4.83. The van der Waals surface area contributed by atoms with E-state index in [4.69, 9.17) is 0 Å². The van der Waals surface area contributed by atoms with Gasteiger partial charge in [0.15, 0.2) is 11.0 Å². The average molecular weight is 607 g/mol. The molecule has 0 radical (unpaired) electrons. The topological polar surface area (TPSA) is 118 Å². The molecule has 1 aliphatic carbocycles. The minimum Gasteiger partial charge on any atom is -0.348 e. The molecule has 2 heterocycles. The molecule has 3 N–H and O–H groups in total. The van der Waals surface area contributed by atoms with Gasteiger partial charge in [0.2, 0.25) is 5.91 Å². The van der Waals surface area contributed by atoms with Gasteiger partial charge >= 0.3 is 0 Å². The summed E-state index contributed by atoms with van der Waals surface area (Å²) in [5.41, 5.74) is 2.55. The summed E-state index contributed by atoms with van der Waals surface area (Å²) in [6, 6.07) is 15.5. The largest absolute Gasteiger partial charge is 0.348 e. The van der Waals surface area contributed by atoms with Crippen LogP contribution in [0.2, 0.25) is 0 Å².